The van der Waals surface area contributed by atoms with E-state index in [1.807, 2.05) is 0 Å². The molecule has 0 aromatic carbocycles. The molecule has 0 saturated heterocycles. The van der Waals surface area contributed by atoms with E-state index in [4.69, 9.17) is 5.11 Å². The highest BCUT2D eigenvalue weighted by Gasteiger charge is 2.28. The first-order valence-electron chi connectivity index (χ1n) is 5.06. The SMILES string of the molecule is O=C(O)CNC(=O)CSc1nnnn1C1CC1. The summed E-state index contributed by atoms with van der Waals surface area (Å²) >= 11 is 1.20. The number of aromatic nitrogens is 4. The molecule has 0 atom stereocenters. The van der Waals surface area contributed by atoms with Crippen LogP contribution in [0.25, 0.3) is 0 Å². The van der Waals surface area contributed by atoms with Crippen molar-refractivity contribution < 1.29 is 14.7 Å². The number of thioether (sulfide) groups is 1. The van der Waals surface area contributed by atoms with Gasteiger partial charge in [0.15, 0.2) is 0 Å². The molecule has 1 heterocycles. The van der Waals surface area contributed by atoms with Gasteiger partial charge in [-0.2, -0.15) is 0 Å². The Hall–Kier alpha value is -1.64. The van der Waals surface area contributed by atoms with Gasteiger partial charge >= 0.3 is 5.97 Å². The first-order chi connectivity index (χ1) is 8.16. The molecular weight excluding hydrogens is 246 g/mol. The second-order valence-electron chi connectivity index (χ2n) is 3.60. The van der Waals surface area contributed by atoms with Crippen LogP contribution in [-0.2, 0) is 9.59 Å². The predicted molar refractivity (Wildman–Crippen MR) is 57.5 cm³/mol. The zero-order valence-corrected chi connectivity index (χ0v) is 9.68. The molecule has 9 heteroatoms. The number of amides is 1. The van der Waals surface area contributed by atoms with Crippen molar-refractivity contribution in [2.24, 2.45) is 0 Å². The smallest absolute Gasteiger partial charge is 0.322 e. The summed E-state index contributed by atoms with van der Waals surface area (Å²) < 4.78 is 1.70. The van der Waals surface area contributed by atoms with Crippen molar-refractivity contribution in [3.05, 3.63) is 0 Å². The summed E-state index contributed by atoms with van der Waals surface area (Å²) in [5.74, 6) is -1.30. The number of tetrazole rings is 1. The fourth-order valence-corrected chi connectivity index (χ4v) is 1.96. The molecule has 1 saturated carbocycles. The highest BCUT2D eigenvalue weighted by molar-refractivity contribution is 7.99. The summed E-state index contributed by atoms with van der Waals surface area (Å²) in [5, 5.41) is 22.5. The molecule has 0 radical (unpaired) electrons. The maximum atomic E-state index is 11.3. The highest BCUT2D eigenvalue weighted by Crippen LogP contribution is 2.36. The minimum absolute atomic E-state index is 0.111. The molecule has 1 aliphatic rings. The lowest BCUT2D eigenvalue weighted by Gasteiger charge is -2.02. The molecule has 1 amide bonds. The van der Waals surface area contributed by atoms with Crippen LogP contribution in [0.15, 0.2) is 5.16 Å². The van der Waals surface area contributed by atoms with Crippen LogP contribution < -0.4 is 5.32 Å². The van der Waals surface area contributed by atoms with Crippen LogP contribution in [0.3, 0.4) is 0 Å². The Morgan fingerprint density at radius 2 is 2.29 bits per heavy atom. The minimum atomic E-state index is -1.06. The molecule has 8 nitrogen and oxygen atoms in total. The van der Waals surface area contributed by atoms with Crippen molar-refractivity contribution in [1.29, 1.82) is 0 Å². The van der Waals surface area contributed by atoms with E-state index < -0.39 is 5.97 Å². The van der Waals surface area contributed by atoms with Crippen LogP contribution in [0.1, 0.15) is 18.9 Å². The van der Waals surface area contributed by atoms with E-state index in [1.54, 1.807) is 4.68 Å². The number of aliphatic carboxylic acids is 1. The fraction of sp³-hybridized carbons (Fsp3) is 0.625. The minimum Gasteiger partial charge on any atom is -0.480 e. The molecule has 1 aliphatic carbocycles. The van der Waals surface area contributed by atoms with E-state index >= 15 is 0 Å². The van der Waals surface area contributed by atoms with E-state index in [0.717, 1.165) is 12.8 Å². The van der Waals surface area contributed by atoms with Crippen molar-refractivity contribution in [2.75, 3.05) is 12.3 Å². The van der Waals surface area contributed by atoms with Crippen LogP contribution in [0, 0.1) is 0 Å². The average molecular weight is 257 g/mol. The van der Waals surface area contributed by atoms with Gasteiger partial charge in [0.2, 0.25) is 11.1 Å². The van der Waals surface area contributed by atoms with E-state index in [2.05, 4.69) is 20.8 Å². The third kappa shape index (κ3) is 3.41. The maximum absolute atomic E-state index is 11.3. The van der Waals surface area contributed by atoms with Gasteiger partial charge in [-0.3, -0.25) is 9.59 Å². The number of carbonyl (C=O) groups is 2. The monoisotopic (exact) mass is 257 g/mol. The van der Waals surface area contributed by atoms with Gasteiger partial charge in [-0.25, -0.2) is 4.68 Å². The van der Waals surface area contributed by atoms with Gasteiger partial charge in [0.1, 0.15) is 6.54 Å². The fourth-order valence-electron chi connectivity index (χ4n) is 1.18. The number of rotatable bonds is 6. The number of carboxylic acids is 1. The normalized spacial score (nSPS) is 14.6. The van der Waals surface area contributed by atoms with Crippen LogP contribution in [0.2, 0.25) is 0 Å². The molecule has 1 aromatic rings. The number of carboxylic acid groups (broad SMARTS) is 1. The van der Waals surface area contributed by atoms with Gasteiger partial charge in [0.05, 0.1) is 11.8 Å². The van der Waals surface area contributed by atoms with Gasteiger partial charge in [0, 0.05) is 0 Å². The summed E-state index contributed by atoms with van der Waals surface area (Å²) in [6.45, 7) is -0.368. The topological polar surface area (TPSA) is 110 Å². The zero-order valence-electron chi connectivity index (χ0n) is 8.87. The van der Waals surface area contributed by atoms with Crippen molar-refractivity contribution in [1.82, 2.24) is 25.5 Å². The Kier molecular flexibility index (Phi) is 3.57. The van der Waals surface area contributed by atoms with Gasteiger partial charge in [0.25, 0.3) is 0 Å². The quantitative estimate of drug-likeness (QED) is 0.648. The third-order valence-corrected chi connectivity index (χ3v) is 3.06. The molecule has 2 rings (SSSR count). The number of carbonyl (C=O) groups excluding carboxylic acids is 1. The lowest BCUT2D eigenvalue weighted by atomic mass is 10.6. The van der Waals surface area contributed by atoms with E-state index in [-0.39, 0.29) is 18.2 Å². The summed E-state index contributed by atoms with van der Waals surface area (Å²) in [4.78, 5) is 21.5. The average Bonchev–Trinajstić information content (AvgIpc) is 3.03. The number of nitrogens with one attached hydrogen (secondary N) is 1. The van der Waals surface area contributed by atoms with Crippen LogP contribution in [0.5, 0.6) is 0 Å². The second-order valence-corrected chi connectivity index (χ2v) is 4.54. The lowest BCUT2D eigenvalue weighted by Crippen LogP contribution is -2.30. The molecule has 2 N–H and O–H groups in total. The van der Waals surface area contributed by atoms with Crippen LogP contribution >= 0.6 is 11.8 Å². The van der Waals surface area contributed by atoms with E-state index in [0.29, 0.717) is 11.2 Å². The van der Waals surface area contributed by atoms with Crippen molar-refractivity contribution in [2.45, 2.75) is 24.0 Å². The molecule has 1 aromatic heterocycles. The molecule has 0 bridgehead atoms. The lowest BCUT2D eigenvalue weighted by molar-refractivity contribution is -0.137. The molecule has 0 spiro atoms. The van der Waals surface area contributed by atoms with Gasteiger partial charge < -0.3 is 10.4 Å². The Morgan fingerprint density at radius 1 is 1.53 bits per heavy atom. The standard InChI is InChI=1S/C8H11N5O3S/c14-6(9-3-7(15)16)4-17-8-10-11-12-13(8)5-1-2-5/h5H,1-4H2,(H,9,14)(H,15,16). The highest BCUT2D eigenvalue weighted by atomic mass is 32.2. The second kappa shape index (κ2) is 5.13. The summed E-state index contributed by atoms with van der Waals surface area (Å²) in [5.41, 5.74) is 0. The van der Waals surface area contributed by atoms with E-state index in [1.165, 1.54) is 11.8 Å². The molecular formula is C8H11N5O3S. The molecule has 1 fully saturated rings. The largest absolute Gasteiger partial charge is 0.480 e. The van der Waals surface area contributed by atoms with Crippen LogP contribution in [-0.4, -0.2) is 49.5 Å². The van der Waals surface area contributed by atoms with Crippen molar-refractivity contribution in [3.8, 4) is 0 Å². The van der Waals surface area contributed by atoms with Gasteiger partial charge in [-0.15, -0.1) is 5.10 Å². The third-order valence-electron chi connectivity index (χ3n) is 2.12. The Morgan fingerprint density at radius 3 is 2.94 bits per heavy atom. The first kappa shape index (κ1) is 11.8. The Bertz CT molecular complexity index is 431. The molecule has 0 aliphatic heterocycles. The van der Waals surface area contributed by atoms with E-state index in [9.17, 15) is 9.59 Å². The van der Waals surface area contributed by atoms with Gasteiger partial charge in [-0.1, -0.05) is 11.8 Å². The first-order valence-corrected chi connectivity index (χ1v) is 6.04. The Balaban J connectivity index is 1.78. The number of hydrogen-bond donors (Lipinski definition) is 2. The number of hydrogen-bond acceptors (Lipinski definition) is 6. The van der Waals surface area contributed by atoms with Crippen molar-refractivity contribution >= 4 is 23.6 Å². The summed E-state index contributed by atoms with van der Waals surface area (Å²) in [6.07, 6.45) is 2.12. The predicted octanol–water partition coefficient (Wildman–Crippen LogP) is -0.699. The summed E-state index contributed by atoms with van der Waals surface area (Å²) in [7, 11) is 0. The molecule has 0 unspecified atom stereocenters. The maximum Gasteiger partial charge on any atom is 0.322 e. The Labute approximate surface area is 101 Å². The molecule has 92 valence electrons. The van der Waals surface area contributed by atoms with Crippen molar-refractivity contribution in [3.63, 3.8) is 0 Å². The summed E-state index contributed by atoms with van der Waals surface area (Å²) in [6, 6.07) is 0.356. The van der Waals surface area contributed by atoms with Gasteiger partial charge in [-0.05, 0) is 23.3 Å². The molecule has 17 heavy (non-hydrogen) atoms. The zero-order chi connectivity index (χ0) is 12.3. The number of nitrogens with zero attached hydrogens (tertiary/aromatic N) is 4. The van der Waals surface area contributed by atoms with Crippen LogP contribution in [0.4, 0.5) is 0 Å².